The van der Waals surface area contributed by atoms with E-state index in [1.54, 1.807) is 0 Å². The third-order valence-corrected chi connectivity index (χ3v) is 3.93. The van der Waals surface area contributed by atoms with Gasteiger partial charge in [-0.05, 0) is 30.5 Å². The zero-order valence-corrected chi connectivity index (χ0v) is 10.9. The van der Waals surface area contributed by atoms with Gasteiger partial charge in [0, 0.05) is 15.7 Å². The number of halogens is 1. The molecule has 0 aromatic heterocycles. The number of hydrogen-bond donors (Lipinski definition) is 2. The van der Waals surface area contributed by atoms with Crippen molar-refractivity contribution < 1.29 is 5.11 Å². The molecule has 0 heterocycles. The van der Waals surface area contributed by atoms with E-state index >= 15 is 0 Å². The monoisotopic (exact) mass is 283 g/mol. The Hall–Kier alpha value is -0.540. The molecule has 3 N–H and O–H groups in total. The molecular weight excluding hydrogens is 266 g/mol. The molecule has 1 atom stereocenters. The molecule has 16 heavy (non-hydrogen) atoms. The molecule has 88 valence electrons. The van der Waals surface area contributed by atoms with E-state index in [4.69, 9.17) is 5.73 Å². The molecule has 1 saturated carbocycles. The van der Waals surface area contributed by atoms with Gasteiger partial charge >= 0.3 is 0 Å². The van der Waals surface area contributed by atoms with Crippen molar-refractivity contribution in [3.63, 3.8) is 0 Å². The van der Waals surface area contributed by atoms with Crippen LogP contribution in [-0.4, -0.2) is 5.11 Å². The quantitative estimate of drug-likeness (QED) is 0.832. The number of anilines is 1. The van der Waals surface area contributed by atoms with E-state index in [9.17, 15) is 5.11 Å². The van der Waals surface area contributed by atoms with Gasteiger partial charge in [0.2, 0.25) is 0 Å². The molecule has 1 aliphatic carbocycles. The number of aliphatic hydroxyl groups excluding tert-OH is 1. The summed E-state index contributed by atoms with van der Waals surface area (Å²) < 4.78 is 0.974. The average molecular weight is 284 g/mol. The van der Waals surface area contributed by atoms with E-state index in [1.165, 1.54) is 25.7 Å². The van der Waals surface area contributed by atoms with E-state index in [0.717, 1.165) is 16.5 Å². The molecule has 1 aliphatic rings. The van der Waals surface area contributed by atoms with Crippen molar-refractivity contribution in [2.24, 2.45) is 5.92 Å². The Morgan fingerprint density at radius 3 is 2.75 bits per heavy atom. The molecule has 0 saturated heterocycles. The first-order chi connectivity index (χ1) is 7.66. The van der Waals surface area contributed by atoms with Crippen LogP contribution in [0.2, 0.25) is 0 Å². The molecule has 0 spiro atoms. The summed E-state index contributed by atoms with van der Waals surface area (Å²) in [7, 11) is 0. The van der Waals surface area contributed by atoms with E-state index in [0.29, 0.717) is 11.6 Å². The number of hydrogen-bond acceptors (Lipinski definition) is 2. The van der Waals surface area contributed by atoms with Gasteiger partial charge < -0.3 is 10.8 Å². The Bertz CT molecular complexity index is 361. The van der Waals surface area contributed by atoms with E-state index in [-0.39, 0.29) is 0 Å². The van der Waals surface area contributed by atoms with E-state index in [1.807, 2.05) is 18.2 Å². The number of aliphatic hydroxyl groups is 1. The lowest BCUT2D eigenvalue weighted by Gasteiger charge is -2.17. The summed E-state index contributed by atoms with van der Waals surface area (Å²) in [5.41, 5.74) is 7.43. The molecule has 1 aromatic carbocycles. The maximum Gasteiger partial charge on any atom is 0.0813 e. The van der Waals surface area contributed by atoms with Crippen LogP contribution < -0.4 is 5.73 Å². The van der Waals surface area contributed by atoms with Gasteiger partial charge in [-0.3, -0.25) is 0 Å². The van der Waals surface area contributed by atoms with Crippen molar-refractivity contribution in [2.45, 2.75) is 38.2 Å². The molecule has 2 rings (SSSR count). The summed E-state index contributed by atoms with van der Waals surface area (Å²) in [4.78, 5) is 0. The molecule has 1 aromatic rings. The predicted molar refractivity (Wildman–Crippen MR) is 70.1 cm³/mol. The van der Waals surface area contributed by atoms with Crippen molar-refractivity contribution in [3.05, 3.63) is 28.2 Å². The fourth-order valence-electron chi connectivity index (χ4n) is 2.52. The van der Waals surface area contributed by atoms with Crippen LogP contribution in [0.3, 0.4) is 0 Å². The average Bonchev–Trinajstić information content (AvgIpc) is 2.74. The Balaban J connectivity index is 2.07. The molecule has 0 bridgehead atoms. The summed E-state index contributed by atoms with van der Waals surface area (Å²) >= 11 is 3.41. The molecule has 0 amide bonds. The van der Waals surface area contributed by atoms with Gasteiger partial charge in [0.25, 0.3) is 0 Å². The topological polar surface area (TPSA) is 46.2 Å². The van der Waals surface area contributed by atoms with Gasteiger partial charge in [0.1, 0.15) is 0 Å². The highest BCUT2D eigenvalue weighted by Crippen LogP contribution is 2.35. The zero-order valence-electron chi connectivity index (χ0n) is 9.32. The second-order valence-corrected chi connectivity index (χ2v) is 5.59. The molecule has 1 unspecified atom stereocenters. The minimum atomic E-state index is -0.416. The van der Waals surface area contributed by atoms with Crippen LogP contribution >= 0.6 is 15.9 Å². The van der Waals surface area contributed by atoms with Crippen molar-refractivity contribution >= 4 is 21.6 Å². The fraction of sp³-hybridized carbons (Fsp3) is 0.538. The highest BCUT2D eigenvalue weighted by atomic mass is 79.9. The minimum absolute atomic E-state index is 0.416. The second kappa shape index (κ2) is 5.19. The molecule has 3 heteroatoms. The van der Waals surface area contributed by atoms with E-state index in [2.05, 4.69) is 15.9 Å². The largest absolute Gasteiger partial charge is 0.398 e. The lowest BCUT2D eigenvalue weighted by atomic mass is 9.95. The maximum absolute atomic E-state index is 10.2. The summed E-state index contributed by atoms with van der Waals surface area (Å²) in [5.74, 6) is 0.674. The Morgan fingerprint density at radius 1 is 1.38 bits per heavy atom. The van der Waals surface area contributed by atoms with Gasteiger partial charge in [0.05, 0.1) is 6.10 Å². The Kier molecular flexibility index (Phi) is 3.87. The molecule has 0 radical (unpaired) electrons. The van der Waals surface area contributed by atoms with Crippen LogP contribution in [0.15, 0.2) is 22.7 Å². The van der Waals surface area contributed by atoms with Gasteiger partial charge in [-0.2, -0.15) is 0 Å². The first kappa shape index (κ1) is 11.9. The van der Waals surface area contributed by atoms with Crippen molar-refractivity contribution in [1.29, 1.82) is 0 Å². The van der Waals surface area contributed by atoms with Crippen LogP contribution in [-0.2, 0) is 0 Å². The SMILES string of the molecule is Nc1ccc(Br)cc1C(O)CC1CCCC1. The van der Waals surface area contributed by atoms with Gasteiger partial charge in [0.15, 0.2) is 0 Å². The number of nitrogens with two attached hydrogens (primary N) is 1. The number of rotatable bonds is 3. The summed E-state index contributed by atoms with van der Waals surface area (Å²) in [5, 5.41) is 10.2. The summed E-state index contributed by atoms with van der Waals surface area (Å²) in [6, 6.07) is 5.67. The molecule has 2 nitrogen and oxygen atoms in total. The van der Waals surface area contributed by atoms with Crippen LogP contribution in [0.5, 0.6) is 0 Å². The fourth-order valence-corrected chi connectivity index (χ4v) is 2.90. The highest BCUT2D eigenvalue weighted by Gasteiger charge is 2.21. The first-order valence-corrected chi connectivity index (χ1v) is 6.69. The maximum atomic E-state index is 10.2. The van der Waals surface area contributed by atoms with Crippen LogP contribution in [0.4, 0.5) is 5.69 Å². The normalized spacial score (nSPS) is 18.9. The highest BCUT2D eigenvalue weighted by molar-refractivity contribution is 9.10. The summed E-state index contributed by atoms with van der Waals surface area (Å²) in [6.45, 7) is 0. The van der Waals surface area contributed by atoms with Crippen molar-refractivity contribution in [3.8, 4) is 0 Å². The second-order valence-electron chi connectivity index (χ2n) is 4.68. The predicted octanol–water partition coefficient (Wildman–Crippen LogP) is 3.65. The van der Waals surface area contributed by atoms with Gasteiger partial charge in [-0.1, -0.05) is 41.6 Å². The Morgan fingerprint density at radius 2 is 2.06 bits per heavy atom. The van der Waals surface area contributed by atoms with Gasteiger partial charge in [-0.15, -0.1) is 0 Å². The number of nitrogen functional groups attached to an aromatic ring is 1. The van der Waals surface area contributed by atoms with Crippen molar-refractivity contribution in [1.82, 2.24) is 0 Å². The molecule has 0 aliphatic heterocycles. The lowest BCUT2D eigenvalue weighted by Crippen LogP contribution is -2.07. The smallest absolute Gasteiger partial charge is 0.0813 e. The standard InChI is InChI=1S/C13H18BrNO/c14-10-5-6-12(15)11(8-10)13(16)7-9-3-1-2-4-9/h5-6,8-9,13,16H,1-4,7,15H2. The molecule has 1 fully saturated rings. The number of benzene rings is 1. The first-order valence-electron chi connectivity index (χ1n) is 5.90. The van der Waals surface area contributed by atoms with Crippen molar-refractivity contribution in [2.75, 3.05) is 5.73 Å². The lowest BCUT2D eigenvalue weighted by molar-refractivity contribution is 0.145. The molecular formula is C13H18BrNO. The van der Waals surface area contributed by atoms with E-state index < -0.39 is 6.10 Å². The third-order valence-electron chi connectivity index (χ3n) is 3.44. The summed E-state index contributed by atoms with van der Waals surface area (Å²) in [6.07, 6.45) is 5.56. The minimum Gasteiger partial charge on any atom is -0.398 e. The van der Waals surface area contributed by atoms with Crippen LogP contribution in [0.25, 0.3) is 0 Å². The Labute approximate surface area is 105 Å². The van der Waals surface area contributed by atoms with Gasteiger partial charge in [-0.25, -0.2) is 0 Å². The van der Waals surface area contributed by atoms with Crippen LogP contribution in [0.1, 0.15) is 43.8 Å². The third kappa shape index (κ3) is 2.77. The van der Waals surface area contributed by atoms with Crippen LogP contribution in [0, 0.1) is 5.92 Å². The zero-order chi connectivity index (χ0) is 11.5.